The fourth-order valence-electron chi connectivity index (χ4n) is 4.24. The van der Waals surface area contributed by atoms with Crippen molar-refractivity contribution in [3.8, 4) is 22.8 Å². The number of ether oxygens (including phenoxy) is 2. The van der Waals surface area contributed by atoms with Crippen molar-refractivity contribution in [2.24, 2.45) is 0 Å². The molecule has 0 saturated heterocycles. The highest BCUT2D eigenvalue weighted by atomic mass is 19.4. The van der Waals surface area contributed by atoms with Crippen LogP contribution in [-0.4, -0.2) is 62.8 Å². The second kappa shape index (κ2) is 13.4. The number of aliphatic hydroxyl groups excluding tert-OH is 1. The molecule has 0 unspecified atom stereocenters. The molecule has 5 N–H and O–H groups in total. The molecule has 0 aliphatic carbocycles. The molecule has 0 aliphatic rings. The van der Waals surface area contributed by atoms with Crippen molar-refractivity contribution in [3.63, 3.8) is 0 Å². The van der Waals surface area contributed by atoms with Gasteiger partial charge >= 0.3 is 6.36 Å². The molecule has 0 radical (unpaired) electrons. The Morgan fingerprint density at radius 2 is 1.85 bits per heavy atom. The van der Waals surface area contributed by atoms with Crippen LogP contribution in [0.5, 0.6) is 11.6 Å². The first kappa shape index (κ1) is 29.1. The molecule has 13 heteroatoms. The number of fused-ring (bicyclic) bond motifs is 1. The summed E-state index contributed by atoms with van der Waals surface area (Å²) in [7, 11) is 0. The third kappa shape index (κ3) is 8.53. The van der Waals surface area contributed by atoms with E-state index in [0.29, 0.717) is 37.4 Å². The van der Waals surface area contributed by atoms with Gasteiger partial charge in [-0.15, -0.1) is 18.3 Å². The second-order valence-electron chi connectivity index (χ2n) is 9.31. The third-order valence-corrected chi connectivity index (χ3v) is 6.12. The number of nitrogens with one attached hydrogen (secondary N) is 3. The number of benzene rings is 2. The Bertz CT molecular complexity index is 1400. The summed E-state index contributed by atoms with van der Waals surface area (Å²) in [4.78, 5) is 0. The van der Waals surface area contributed by atoms with E-state index >= 15 is 0 Å². The van der Waals surface area contributed by atoms with E-state index in [0.717, 1.165) is 40.6 Å². The zero-order chi connectivity index (χ0) is 28.5. The number of aliphatic hydroxyl groups is 1. The van der Waals surface area contributed by atoms with Crippen LogP contribution in [0, 0.1) is 0 Å². The molecule has 2 aromatic heterocycles. The van der Waals surface area contributed by atoms with Gasteiger partial charge < -0.3 is 30.3 Å². The predicted molar refractivity (Wildman–Crippen MR) is 143 cm³/mol. The number of rotatable bonds is 14. The summed E-state index contributed by atoms with van der Waals surface area (Å²) in [5.74, 6) is -0.505. The minimum absolute atomic E-state index is 0.103. The molecule has 0 fully saturated rings. The maximum Gasteiger partial charge on any atom is 0.573 e. The fraction of sp³-hybridized carbons (Fsp3) is 0.370. The molecule has 0 amide bonds. The molecular formula is C27H31F3N6O4. The number of nitrogens with zero attached hydrogens (tertiary/aromatic N) is 3. The first-order valence-electron chi connectivity index (χ1n) is 12.7. The first-order chi connectivity index (χ1) is 19.2. The minimum atomic E-state index is -4.79. The smallest absolute Gasteiger partial charge is 0.492 e. The number of alkyl halides is 3. The zero-order valence-corrected chi connectivity index (χ0v) is 21.8. The largest absolute Gasteiger partial charge is 0.573 e. The molecule has 0 saturated carbocycles. The van der Waals surface area contributed by atoms with Gasteiger partial charge in [0.25, 0.3) is 0 Å². The zero-order valence-electron chi connectivity index (χ0n) is 21.8. The van der Waals surface area contributed by atoms with Gasteiger partial charge in [0.05, 0.1) is 31.1 Å². The number of aromatic hydroxyl groups is 1. The standard InChI is InChI=1S/C27H31F3N6O4/c1-17(32-13-18-7-19(16-37)9-22(8-18)40-27(28,29)30)3-2-5-39-6-4-31-24-10-20(11-25-23(24)15-34-35-25)21-12-26(38)36-33-14-21/h7-12,14-15,17,31-32,37H,2-6,13,16H2,1H3,(H,34,35)(H,36,38)/t17-/m0/s1. The maximum atomic E-state index is 12.6. The number of aromatic amines is 1. The summed E-state index contributed by atoms with van der Waals surface area (Å²) in [5.41, 5.74) is 4.22. The van der Waals surface area contributed by atoms with Crippen molar-refractivity contribution >= 4 is 16.6 Å². The molecule has 0 spiro atoms. The van der Waals surface area contributed by atoms with Gasteiger partial charge in [-0.2, -0.15) is 10.2 Å². The second-order valence-corrected chi connectivity index (χ2v) is 9.31. The lowest BCUT2D eigenvalue weighted by Crippen LogP contribution is -2.26. The highest BCUT2D eigenvalue weighted by molar-refractivity contribution is 5.95. The summed E-state index contributed by atoms with van der Waals surface area (Å²) in [5, 5.41) is 41.1. The average Bonchev–Trinajstić information content (AvgIpc) is 3.39. The highest BCUT2D eigenvalue weighted by Gasteiger charge is 2.31. The van der Waals surface area contributed by atoms with Crippen LogP contribution in [0.4, 0.5) is 18.9 Å². The van der Waals surface area contributed by atoms with Gasteiger partial charge in [-0.1, -0.05) is 6.07 Å². The number of hydrogen-bond donors (Lipinski definition) is 5. The van der Waals surface area contributed by atoms with E-state index in [1.807, 2.05) is 19.1 Å². The number of halogens is 3. The molecule has 0 bridgehead atoms. The highest BCUT2D eigenvalue weighted by Crippen LogP contribution is 2.30. The first-order valence-corrected chi connectivity index (χ1v) is 12.7. The Balaban J connectivity index is 1.18. The van der Waals surface area contributed by atoms with E-state index in [4.69, 9.17) is 4.74 Å². The number of anilines is 1. The van der Waals surface area contributed by atoms with Crippen molar-refractivity contribution in [3.05, 3.63) is 59.9 Å². The molecule has 40 heavy (non-hydrogen) atoms. The molecular weight excluding hydrogens is 529 g/mol. The quantitative estimate of drug-likeness (QED) is 0.141. The lowest BCUT2D eigenvalue weighted by atomic mass is 10.0. The molecule has 0 aliphatic heterocycles. The lowest BCUT2D eigenvalue weighted by molar-refractivity contribution is -0.274. The summed E-state index contributed by atoms with van der Waals surface area (Å²) in [6, 6.07) is 9.65. The molecule has 4 aromatic rings. The molecule has 214 valence electrons. The van der Waals surface area contributed by atoms with Crippen LogP contribution < -0.4 is 15.4 Å². The summed E-state index contributed by atoms with van der Waals surface area (Å²) >= 11 is 0. The Kier molecular flexibility index (Phi) is 9.74. The molecule has 10 nitrogen and oxygen atoms in total. The normalized spacial score (nSPS) is 12.5. The van der Waals surface area contributed by atoms with Gasteiger partial charge in [0, 0.05) is 48.4 Å². The van der Waals surface area contributed by atoms with Gasteiger partial charge in [0.2, 0.25) is 5.88 Å². The van der Waals surface area contributed by atoms with Crippen molar-refractivity contribution in [1.29, 1.82) is 0 Å². The van der Waals surface area contributed by atoms with E-state index in [1.165, 1.54) is 12.1 Å². The van der Waals surface area contributed by atoms with Gasteiger partial charge in [-0.05, 0) is 60.7 Å². The van der Waals surface area contributed by atoms with E-state index in [9.17, 15) is 23.4 Å². The van der Waals surface area contributed by atoms with Gasteiger partial charge in [0.1, 0.15) is 5.75 Å². The van der Waals surface area contributed by atoms with Crippen molar-refractivity contribution in [2.75, 3.05) is 25.1 Å². The number of H-pyrrole nitrogens is 1. The molecule has 4 rings (SSSR count). The van der Waals surface area contributed by atoms with Crippen molar-refractivity contribution in [2.45, 2.75) is 45.3 Å². The van der Waals surface area contributed by atoms with Crippen molar-refractivity contribution < 1.29 is 32.9 Å². The van der Waals surface area contributed by atoms with Gasteiger partial charge in [-0.25, -0.2) is 0 Å². The fourth-order valence-corrected chi connectivity index (χ4v) is 4.24. The monoisotopic (exact) mass is 560 g/mol. The lowest BCUT2D eigenvalue weighted by Gasteiger charge is -2.16. The van der Waals surface area contributed by atoms with Gasteiger partial charge in [0.15, 0.2) is 0 Å². The number of hydrogen-bond acceptors (Lipinski definition) is 9. The summed E-state index contributed by atoms with van der Waals surface area (Å²) in [6.07, 6.45) is 0.131. The van der Waals surface area contributed by atoms with Crippen LogP contribution >= 0.6 is 0 Å². The van der Waals surface area contributed by atoms with E-state index in [1.54, 1.807) is 24.5 Å². The van der Waals surface area contributed by atoms with Crippen LogP contribution in [0.2, 0.25) is 0 Å². The topological polar surface area (TPSA) is 137 Å². The van der Waals surface area contributed by atoms with E-state index in [2.05, 4.69) is 35.8 Å². The van der Waals surface area contributed by atoms with Crippen LogP contribution in [0.3, 0.4) is 0 Å². The molecule has 2 aromatic carbocycles. The Labute approximate surface area is 228 Å². The Morgan fingerprint density at radius 1 is 1.02 bits per heavy atom. The average molecular weight is 561 g/mol. The van der Waals surface area contributed by atoms with Crippen LogP contribution in [-0.2, 0) is 17.9 Å². The number of aromatic nitrogens is 4. The molecule has 2 heterocycles. The minimum Gasteiger partial charge on any atom is -0.492 e. The SMILES string of the molecule is C[C@@H](CCCOCCNc1cc(-c2cnnc(O)c2)cc2[nH]ncc12)NCc1cc(CO)cc(OC(F)(F)F)c1. The predicted octanol–water partition coefficient (Wildman–Crippen LogP) is 4.50. The maximum absolute atomic E-state index is 12.6. The van der Waals surface area contributed by atoms with Crippen molar-refractivity contribution in [1.82, 2.24) is 25.7 Å². The summed E-state index contributed by atoms with van der Waals surface area (Å²) in [6.45, 7) is 3.56. The Hall–Kier alpha value is -3.94. The Morgan fingerprint density at radius 3 is 2.62 bits per heavy atom. The van der Waals surface area contributed by atoms with Crippen LogP contribution in [0.1, 0.15) is 30.9 Å². The summed E-state index contributed by atoms with van der Waals surface area (Å²) < 4.78 is 47.5. The van der Waals surface area contributed by atoms with Gasteiger partial charge in [-0.3, -0.25) is 5.10 Å². The molecule has 1 atom stereocenters. The third-order valence-electron chi connectivity index (χ3n) is 6.12. The van der Waals surface area contributed by atoms with E-state index < -0.39 is 6.36 Å². The van der Waals surface area contributed by atoms with Crippen LogP contribution in [0.25, 0.3) is 22.0 Å². The van der Waals surface area contributed by atoms with E-state index in [-0.39, 0.29) is 24.3 Å². The van der Waals surface area contributed by atoms with Crippen LogP contribution in [0.15, 0.2) is 48.8 Å².